The van der Waals surface area contributed by atoms with E-state index in [1.54, 1.807) is 6.21 Å². The standard InChI is InChI=1S/C30H26N6/c31-29(32)34-33-22-23-16-18-24(19-17-23)28-20-21-36(35-28)30(25-10-4-1-5-11-25,26-12-6-2-7-13-26)27-14-8-3-9-15-27/h1-22H,(H4,31,32,34). The predicted octanol–water partition coefficient (Wildman–Crippen LogP) is 5.00. The Morgan fingerprint density at radius 2 is 1.17 bits per heavy atom. The van der Waals surface area contributed by atoms with Gasteiger partial charge in [-0.1, -0.05) is 115 Å². The maximum atomic E-state index is 5.32. The van der Waals surface area contributed by atoms with Gasteiger partial charge in [0.1, 0.15) is 5.54 Å². The molecule has 5 rings (SSSR count). The highest BCUT2D eigenvalue weighted by atomic mass is 15.3. The van der Waals surface area contributed by atoms with Crippen molar-refractivity contribution in [3.63, 3.8) is 0 Å². The number of nitrogens with two attached hydrogens (primary N) is 2. The Morgan fingerprint density at radius 1 is 0.667 bits per heavy atom. The lowest BCUT2D eigenvalue weighted by atomic mass is 9.77. The molecule has 0 unspecified atom stereocenters. The van der Waals surface area contributed by atoms with Crippen LogP contribution in [0.1, 0.15) is 22.3 Å². The Labute approximate surface area is 210 Å². The molecule has 5 aromatic rings. The van der Waals surface area contributed by atoms with E-state index in [0.29, 0.717) is 0 Å². The van der Waals surface area contributed by atoms with Crippen LogP contribution in [0.2, 0.25) is 0 Å². The summed E-state index contributed by atoms with van der Waals surface area (Å²) in [7, 11) is 0. The summed E-state index contributed by atoms with van der Waals surface area (Å²) in [5, 5.41) is 12.6. The van der Waals surface area contributed by atoms with E-state index in [-0.39, 0.29) is 5.96 Å². The van der Waals surface area contributed by atoms with Crippen LogP contribution >= 0.6 is 0 Å². The predicted molar refractivity (Wildman–Crippen MR) is 146 cm³/mol. The second-order valence-electron chi connectivity index (χ2n) is 8.35. The Hall–Kier alpha value is -4.97. The van der Waals surface area contributed by atoms with Gasteiger partial charge in [-0.05, 0) is 28.3 Å². The molecular weight excluding hydrogens is 444 g/mol. The van der Waals surface area contributed by atoms with Crippen LogP contribution in [0.25, 0.3) is 11.3 Å². The molecule has 36 heavy (non-hydrogen) atoms. The van der Waals surface area contributed by atoms with E-state index in [9.17, 15) is 0 Å². The van der Waals surface area contributed by atoms with Crippen molar-refractivity contribution in [1.82, 2.24) is 9.78 Å². The molecule has 0 aliphatic carbocycles. The van der Waals surface area contributed by atoms with Crippen molar-refractivity contribution in [2.45, 2.75) is 5.54 Å². The number of hydrogen-bond acceptors (Lipinski definition) is 3. The van der Waals surface area contributed by atoms with Gasteiger partial charge in [-0.3, -0.25) is 4.68 Å². The Balaban J connectivity index is 1.64. The monoisotopic (exact) mass is 470 g/mol. The summed E-state index contributed by atoms with van der Waals surface area (Å²) in [6, 6.07) is 41.5. The molecule has 0 atom stereocenters. The van der Waals surface area contributed by atoms with Crippen molar-refractivity contribution in [2.24, 2.45) is 21.7 Å². The second kappa shape index (κ2) is 10.1. The molecule has 0 saturated carbocycles. The zero-order valence-electron chi connectivity index (χ0n) is 19.6. The zero-order chi connectivity index (χ0) is 24.8. The number of nitrogens with zero attached hydrogens (tertiary/aromatic N) is 4. The fourth-order valence-electron chi connectivity index (χ4n) is 4.50. The summed E-state index contributed by atoms with van der Waals surface area (Å²) >= 11 is 0. The van der Waals surface area contributed by atoms with Crippen molar-refractivity contribution in [1.29, 1.82) is 0 Å². The Morgan fingerprint density at radius 3 is 1.64 bits per heavy atom. The third kappa shape index (κ3) is 4.40. The fraction of sp³-hybridized carbons (Fsp3) is 0.0333. The number of hydrogen-bond donors (Lipinski definition) is 2. The number of benzene rings is 4. The summed E-state index contributed by atoms with van der Waals surface area (Å²) in [5.41, 5.74) is 16.1. The van der Waals surface area contributed by atoms with E-state index >= 15 is 0 Å². The van der Waals surface area contributed by atoms with Crippen LogP contribution < -0.4 is 11.5 Å². The maximum Gasteiger partial charge on any atom is 0.211 e. The van der Waals surface area contributed by atoms with Gasteiger partial charge in [-0.2, -0.15) is 10.2 Å². The van der Waals surface area contributed by atoms with Gasteiger partial charge in [0.05, 0.1) is 11.9 Å². The molecule has 4 N–H and O–H groups in total. The zero-order valence-corrected chi connectivity index (χ0v) is 19.6. The van der Waals surface area contributed by atoms with Gasteiger partial charge in [0, 0.05) is 11.8 Å². The Bertz CT molecular complexity index is 1370. The lowest BCUT2D eigenvalue weighted by molar-refractivity contribution is 0.461. The molecule has 1 heterocycles. The fourth-order valence-corrected chi connectivity index (χ4v) is 4.50. The quantitative estimate of drug-likeness (QED) is 0.152. The third-order valence-corrected chi connectivity index (χ3v) is 6.09. The molecule has 6 nitrogen and oxygen atoms in total. The molecule has 0 saturated heterocycles. The van der Waals surface area contributed by atoms with Gasteiger partial charge in [0.2, 0.25) is 5.96 Å². The molecule has 0 fully saturated rings. The highest BCUT2D eigenvalue weighted by molar-refractivity contribution is 5.82. The first-order chi connectivity index (χ1) is 17.7. The lowest BCUT2D eigenvalue weighted by Gasteiger charge is -2.36. The molecule has 0 aliphatic rings. The topological polar surface area (TPSA) is 94.6 Å². The average Bonchev–Trinajstić information content (AvgIpc) is 3.42. The van der Waals surface area contributed by atoms with E-state index in [2.05, 4.69) is 93.9 Å². The normalized spacial score (nSPS) is 11.4. The first-order valence-electron chi connectivity index (χ1n) is 11.6. The molecule has 0 aliphatic heterocycles. The van der Waals surface area contributed by atoms with E-state index in [4.69, 9.17) is 16.6 Å². The smallest absolute Gasteiger partial charge is 0.211 e. The van der Waals surface area contributed by atoms with Crippen molar-refractivity contribution < 1.29 is 0 Å². The second-order valence-corrected chi connectivity index (χ2v) is 8.35. The number of rotatable bonds is 7. The molecule has 176 valence electrons. The van der Waals surface area contributed by atoms with E-state index in [1.165, 1.54) is 0 Å². The van der Waals surface area contributed by atoms with Crippen LogP contribution in [0.15, 0.2) is 138 Å². The van der Waals surface area contributed by atoms with Crippen molar-refractivity contribution in [2.75, 3.05) is 0 Å². The van der Waals surface area contributed by atoms with Crippen molar-refractivity contribution >= 4 is 12.2 Å². The van der Waals surface area contributed by atoms with Crippen LogP contribution in [0.3, 0.4) is 0 Å². The summed E-state index contributed by atoms with van der Waals surface area (Å²) in [6.45, 7) is 0. The van der Waals surface area contributed by atoms with Crippen molar-refractivity contribution in [3.05, 3.63) is 150 Å². The molecule has 4 aromatic carbocycles. The van der Waals surface area contributed by atoms with Gasteiger partial charge in [-0.25, -0.2) is 0 Å². The molecule has 0 radical (unpaired) electrons. The molecule has 0 spiro atoms. The van der Waals surface area contributed by atoms with Gasteiger partial charge in [-0.15, -0.1) is 5.10 Å². The Kier molecular flexibility index (Phi) is 6.40. The van der Waals surface area contributed by atoms with Crippen LogP contribution in [0.4, 0.5) is 0 Å². The van der Waals surface area contributed by atoms with Gasteiger partial charge in [0.25, 0.3) is 0 Å². The summed E-state index contributed by atoms with van der Waals surface area (Å²) in [5.74, 6) is -0.0767. The third-order valence-electron chi connectivity index (χ3n) is 6.09. The van der Waals surface area contributed by atoms with E-state index in [1.807, 2.05) is 48.5 Å². The van der Waals surface area contributed by atoms with E-state index < -0.39 is 5.54 Å². The number of guanidine groups is 1. The van der Waals surface area contributed by atoms with Crippen LogP contribution in [0.5, 0.6) is 0 Å². The summed E-state index contributed by atoms with van der Waals surface area (Å²) in [4.78, 5) is 0. The van der Waals surface area contributed by atoms with Gasteiger partial charge >= 0.3 is 0 Å². The summed E-state index contributed by atoms with van der Waals surface area (Å²) in [6.07, 6.45) is 3.66. The first kappa shape index (κ1) is 22.8. The number of aromatic nitrogens is 2. The van der Waals surface area contributed by atoms with Crippen LogP contribution in [-0.2, 0) is 5.54 Å². The molecule has 0 amide bonds. The minimum atomic E-state index is -0.644. The highest BCUT2D eigenvalue weighted by Gasteiger charge is 2.39. The molecule has 6 heteroatoms. The van der Waals surface area contributed by atoms with Crippen LogP contribution in [0, 0.1) is 0 Å². The first-order valence-corrected chi connectivity index (χ1v) is 11.6. The SMILES string of the molecule is NC(N)=NN=Cc1ccc(-c2ccn(C(c3ccccc3)(c3ccccc3)c3ccccc3)n2)cc1. The molecule has 1 aromatic heterocycles. The minimum Gasteiger partial charge on any atom is -0.369 e. The summed E-state index contributed by atoms with van der Waals surface area (Å²) < 4.78 is 2.07. The van der Waals surface area contributed by atoms with Crippen molar-refractivity contribution in [3.8, 4) is 11.3 Å². The van der Waals surface area contributed by atoms with Gasteiger partial charge < -0.3 is 11.5 Å². The average molecular weight is 471 g/mol. The van der Waals surface area contributed by atoms with Crippen LogP contribution in [-0.4, -0.2) is 22.0 Å². The highest BCUT2D eigenvalue weighted by Crippen LogP contribution is 2.40. The molecular formula is C30H26N6. The van der Waals surface area contributed by atoms with Gasteiger partial charge in [0.15, 0.2) is 0 Å². The maximum absolute atomic E-state index is 5.32. The van der Waals surface area contributed by atoms with E-state index in [0.717, 1.165) is 33.5 Å². The minimum absolute atomic E-state index is 0.0767. The largest absolute Gasteiger partial charge is 0.369 e. The lowest BCUT2D eigenvalue weighted by Crippen LogP contribution is -2.38. The molecule has 0 bridgehead atoms.